The zero-order valence-corrected chi connectivity index (χ0v) is 13.6. The first-order valence-corrected chi connectivity index (χ1v) is 8.11. The van der Waals surface area contributed by atoms with Gasteiger partial charge in [-0.1, -0.05) is 5.16 Å². The molecule has 1 saturated heterocycles. The van der Waals surface area contributed by atoms with E-state index in [2.05, 4.69) is 20.1 Å². The van der Waals surface area contributed by atoms with E-state index in [-0.39, 0.29) is 17.4 Å². The number of hydrogen-bond donors (Lipinski definition) is 0. The van der Waals surface area contributed by atoms with Crippen LogP contribution in [0.3, 0.4) is 0 Å². The summed E-state index contributed by atoms with van der Waals surface area (Å²) < 4.78 is 19.1. The molecule has 1 aliphatic heterocycles. The van der Waals surface area contributed by atoms with Crippen LogP contribution in [0.1, 0.15) is 40.8 Å². The van der Waals surface area contributed by atoms with Crippen molar-refractivity contribution in [3.63, 3.8) is 0 Å². The lowest BCUT2D eigenvalue weighted by atomic mass is 9.96. The summed E-state index contributed by atoms with van der Waals surface area (Å²) in [4.78, 5) is 27.1. The molecule has 7 nitrogen and oxygen atoms in total. The number of carbonyl (C=O) groups is 1. The normalized spacial score (nSPS) is 15.7. The van der Waals surface area contributed by atoms with Gasteiger partial charge >= 0.3 is 0 Å². The Balaban J connectivity index is 1.55. The quantitative estimate of drug-likeness (QED) is 0.712. The fourth-order valence-corrected chi connectivity index (χ4v) is 3.18. The number of aryl methyl sites for hydroxylation is 1. The minimum absolute atomic E-state index is 0.147. The average Bonchev–Trinajstić information content (AvgIpc) is 3.07. The van der Waals surface area contributed by atoms with E-state index in [0.29, 0.717) is 35.8 Å². The molecular weight excluding hydrogens is 325 g/mol. The zero-order valence-electron chi connectivity index (χ0n) is 13.6. The van der Waals surface area contributed by atoms with Crippen molar-refractivity contribution in [2.24, 2.45) is 0 Å². The van der Waals surface area contributed by atoms with E-state index >= 15 is 0 Å². The Bertz CT molecular complexity index is 934. The minimum Gasteiger partial charge on any atom is -0.339 e. The van der Waals surface area contributed by atoms with Crippen molar-refractivity contribution in [1.29, 1.82) is 0 Å². The standard InChI is InChI=1S/C17H16FN5O2/c1-10-21-16(25-22-10)11-2-6-23(7-3-11)17(24)13-8-12(18)9-14-15(13)20-5-4-19-14/h4-5,8-9,11H,2-3,6-7H2,1H3. The molecule has 2 aromatic heterocycles. The summed E-state index contributed by atoms with van der Waals surface area (Å²) in [7, 11) is 0. The number of benzene rings is 1. The van der Waals surface area contributed by atoms with Gasteiger partial charge in [-0.15, -0.1) is 0 Å². The van der Waals surface area contributed by atoms with Crippen molar-refractivity contribution in [1.82, 2.24) is 25.0 Å². The number of rotatable bonds is 2. The summed E-state index contributed by atoms with van der Waals surface area (Å²) >= 11 is 0. The SMILES string of the molecule is Cc1noc(C2CCN(C(=O)c3cc(F)cc4nccnc34)CC2)n1. The second kappa shape index (κ2) is 6.19. The first-order valence-electron chi connectivity index (χ1n) is 8.11. The van der Waals surface area contributed by atoms with Crippen LogP contribution in [0.5, 0.6) is 0 Å². The molecule has 0 N–H and O–H groups in total. The fourth-order valence-electron chi connectivity index (χ4n) is 3.18. The highest BCUT2D eigenvalue weighted by atomic mass is 19.1. The largest absolute Gasteiger partial charge is 0.339 e. The highest BCUT2D eigenvalue weighted by Crippen LogP contribution is 2.28. The molecule has 1 fully saturated rings. The zero-order chi connectivity index (χ0) is 17.4. The lowest BCUT2D eigenvalue weighted by Gasteiger charge is -2.30. The van der Waals surface area contributed by atoms with E-state index in [9.17, 15) is 9.18 Å². The van der Waals surface area contributed by atoms with Gasteiger partial charge in [0.25, 0.3) is 5.91 Å². The Morgan fingerprint density at radius 1 is 1.24 bits per heavy atom. The molecule has 1 amide bonds. The molecule has 4 rings (SSSR count). The second-order valence-electron chi connectivity index (χ2n) is 6.12. The molecule has 0 saturated carbocycles. The summed E-state index contributed by atoms with van der Waals surface area (Å²) in [6.07, 6.45) is 4.44. The van der Waals surface area contributed by atoms with Gasteiger partial charge in [-0.3, -0.25) is 14.8 Å². The number of hydrogen-bond acceptors (Lipinski definition) is 6. The van der Waals surface area contributed by atoms with Crippen LogP contribution in [0.4, 0.5) is 4.39 Å². The van der Waals surface area contributed by atoms with Crippen LogP contribution in [0.25, 0.3) is 11.0 Å². The van der Waals surface area contributed by atoms with Gasteiger partial charge < -0.3 is 9.42 Å². The van der Waals surface area contributed by atoms with Crippen molar-refractivity contribution in [2.75, 3.05) is 13.1 Å². The highest BCUT2D eigenvalue weighted by molar-refractivity contribution is 6.04. The van der Waals surface area contributed by atoms with Crippen molar-refractivity contribution in [2.45, 2.75) is 25.7 Å². The summed E-state index contributed by atoms with van der Waals surface area (Å²) in [6, 6.07) is 2.51. The third-order valence-electron chi connectivity index (χ3n) is 4.44. The minimum atomic E-state index is -0.493. The van der Waals surface area contributed by atoms with Gasteiger partial charge in [0, 0.05) is 37.5 Å². The Hall–Kier alpha value is -2.90. The lowest BCUT2D eigenvalue weighted by molar-refractivity contribution is 0.0706. The maximum atomic E-state index is 13.8. The molecule has 1 aromatic carbocycles. The monoisotopic (exact) mass is 341 g/mol. The van der Waals surface area contributed by atoms with Crippen LogP contribution in [0, 0.1) is 12.7 Å². The highest BCUT2D eigenvalue weighted by Gasteiger charge is 2.29. The van der Waals surface area contributed by atoms with Gasteiger partial charge in [0.05, 0.1) is 11.1 Å². The molecule has 3 aromatic rings. The van der Waals surface area contributed by atoms with Crippen LogP contribution in [-0.2, 0) is 0 Å². The number of likely N-dealkylation sites (tertiary alicyclic amines) is 1. The summed E-state index contributed by atoms with van der Waals surface area (Å²) in [5, 5.41) is 3.81. The van der Waals surface area contributed by atoms with E-state index in [1.165, 1.54) is 24.5 Å². The maximum absolute atomic E-state index is 13.8. The number of halogens is 1. The molecular formula is C17H16FN5O2. The van der Waals surface area contributed by atoms with Crippen LogP contribution in [-0.4, -0.2) is 44.0 Å². The number of fused-ring (bicyclic) bond motifs is 1. The van der Waals surface area contributed by atoms with Gasteiger partial charge in [0.2, 0.25) is 5.89 Å². The molecule has 0 bridgehead atoms. The lowest BCUT2D eigenvalue weighted by Crippen LogP contribution is -2.38. The topological polar surface area (TPSA) is 85.0 Å². The molecule has 0 radical (unpaired) electrons. The van der Waals surface area contributed by atoms with E-state index in [4.69, 9.17) is 4.52 Å². The van der Waals surface area contributed by atoms with Gasteiger partial charge in [-0.25, -0.2) is 4.39 Å². The molecule has 0 atom stereocenters. The van der Waals surface area contributed by atoms with E-state index in [1.54, 1.807) is 11.8 Å². The molecule has 8 heteroatoms. The van der Waals surface area contributed by atoms with Crippen LogP contribution < -0.4 is 0 Å². The summed E-state index contributed by atoms with van der Waals surface area (Å²) in [6.45, 7) is 2.87. The van der Waals surface area contributed by atoms with Gasteiger partial charge in [0.1, 0.15) is 11.3 Å². The van der Waals surface area contributed by atoms with Crippen molar-refractivity contribution in [3.05, 3.63) is 47.6 Å². The summed E-state index contributed by atoms with van der Waals surface area (Å²) in [5.74, 6) is 0.650. The van der Waals surface area contributed by atoms with Gasteiger partial charge in [0.15, 0.2) is 5.82 Å². The van der Waals surface area contributed by atoms with E-state index < -0.39 is 5.82 Å². The van der Waals surface area contributed by atoms with E-state index in [1.807, 2.05) is 0 Å². The number of nitrogens with zero attached hydrogens (tertiary/aromatic N) is 5. The molecule has 128 valence electrons. The summed E-state index contributed by atoms with van der Waals surface area (Å²) in [5.41, 5.74) is 1.04. The van der Waals surface area contributed by atoms with Crippen LogP contribution in [0.15, 0.2) is 29.0 Å². The van der Waals surface area contributed by atoms with Crippen LogP contribution >= 0.6 is 0 Å². The maximum Gasteiger partial charge on any atom is 0.256 e. The molecule has 0 spiro atoms. The number of carbonyl (C=O) groups excluding carboxylic acids is 1. The van der Waals surface area contributed by atoms with Crippen molar-refractivity contribution < 1.29 is 13.7 Å². The third kappa shape index (κ3) is 2.95. The Labute approximate surface area is 142 Å². The molecule has 0 unspecified atom stereocenters. The molecule has 0 aliphatic carbocycles. The molecule has 25 heavy (non-hydrogen) atoms. The molecule has 1 aliphatic rings. The molecule has 3 heterocycles. The van der Waals surface area contributed by atoms with Crippen molar-refractivity contribution >= 4 is 16.9 Å². The Kier molecular flexibility index (Phi) is 3.87. The number of piperidine rings is 1. The fraction of sp³-hybridized carbons (Fsp3) is 0.353. The smallest absolute Gasteiger partial charge is 0.256 e. The first-order chi connectivity index (χ1) is 12.1. The second-order valence-corrected chi connectivity index (χ2v) is 6.12. The van der Waals surface area contributed by atoms with E-state index in [0.717, 1.165) is 12.8 Å². The Morgan fingerprint density at radius 2 is 2.00 bits per heavy atom. The predicted molar refractivity (Wildman–Crippen MR) is 86.4 cm³/mol. The Morgan fingerprint density at radius 3 is 2.72 bits per heavy atom. The average molecular weight is 341 g/mol. The first kappa shape index (κ1) is 15.6. The number of amides is 1. The number of aromatic nitrogens is 4. The predicted octanol–water partition coefficient (Wildman–Crippen LogP) is 2.48. The van der Waals surface area contributed by atoms with Crippen LogP contribution in [0.2, 0.25) is 0 Å². The van der Waals surface area contributed by atoms with Gasteiger partial charge in [-0.05, 0) is 25.8 Å². The van der Waals surface area contributed by atoms with Crippen molar-refractivity contribution in [3.8, 4) is 0 Å². The third-order valence-corrected chi connectivity index (χ3v) is 4.44. The van der Waals surface area contributed by atoms with Gasteiger partial charge in [-0.2, -0.15) is 4.98 Å².